The molecule has 1 aromatic carbocycles. The van der Waals surface area contributed by atoms with E-state index in [4.69, 9.17) is 15.2 Å². The van der Waals surface area contributed by atoms with Crippen molar-refractivity contribution in [3.63, 3.8) is 0 Å². The van der Waals surface area contributed by atoms with Crippen LogP contribution in [0, 0.1) is 5.92 Å². The van der Waals surface area contributed by atoms with Crippen LogP contribution in [0.5, 0.6) is 5.75 Å². The minimum atomic E-state index is -1.07. The maximum atomic E-state index is 13.6. The number of carboxylic acid groups (broad SMARTS) is 1. The SMILES string of the molecule is COCCCN1C(=O)C(C)(C)Oc2ccc(N(C(=O)[C@@H]3C[C@H](N)CN(C(=O)O)C3)C3CC3)cc21. The number of likely N-dealkylation sites (tertiary alicyclic amines) is 1. The number of fused-ring (bicyclic) bond motifs is 1. The van der Waals surface area contributed by atoms with Gasteiger partial charge in [0.2, 0.25) is 5.91 Å². The van der Waals surface area contributed by atoms with E-state index in [1.807, 2.05) is 12.1 Å². The predicted molar refractivity (Wildman–Crippen MR) is 126 cm³/mol. The number of piperidine rings is 1. The minimum Gasteiger partial charge on any atom is -0.476 e. The number of hydrogen-bond donors (Lipinski definition) is 2. The fourth-order valence-corrected chi connectivity index (χ4v) is 4.82. The lowest BCUT2D eigenvalue weighted by atomic mass is 9.93. The molecule has 2 fully saturated rings. The summed E-state index contributed by atoms with van der Waals surface area (Å²) in [5, 5.41) is 9.44. The number of methoxy groups -OCH3 is 1. The number of anilines is 2. The molecule has 1 aromatic rings. The number of amides is 3. The second-order valence-corrected chi connectivity index (χ2v) is 9.89. The number of ether oxygens (including phenoxy) is 2. The molecular weight excluding hydrogens is 440 g/mol. The molecule has 0 unspecified atom stereocenters. The summed E-state index contributed by atoms with van der Waals surface area (Å²) in [4.78, 5) is 43.0. The van der Waals surface area contributed by atoms with E-state index in [9.17, 15) is 19.5 Å². The van der Waals surface area contributed by atoms with Crippen LogP contribution in [0.3, 0.4) is 0 Å². The Morgan fingerprint density at radius 2 is 2.03 bits per heavy atom. The molecule has 3 N–H and O–H groups in total. The second-order valence-electron chi connectivity index (χ2n) is 9.89. The zero-order valence-electron chi connectivity index (χ0n) is 20.0. The molecule has 0 bridgehead atoms. The first-order valence-electron chi connectivity index (χ1n) is 11.8. The van der Waals surface area contributed by atoms with Gasteiger partial charge in [0, 0.05) is 51.1 Å². The van der Waals surface area contributed by atoms with Crippen molar-refractivity contribution in [1.82, 2.24) is 4.90 Å². The molecule has 2 heterocycles. The Hall–Kier alpha value is -2.85. The van der Waals surface area contributed by atoms with Gasteiger partial charge in [0.25, 0.3) is 5.91 Å². The highest BCUT2D eigenvalue weighted by Gasteiger charge is 2.43. The van der Waals surface area contributed by atoms with Crippen LogP contribution in [0.15, 0.2) is 18.2 Å². The summed E-state index contributed by atoms with van der Waals surface area (Å²) in [7, 11) is 1.62. The van der Waals surface area contributed by atoms with E-state index in [0.29, 0.717) is 43.1 Å². The lowest BCUT2D eigenvalue weighted by molar-refractivity contribution is -0.132. The molecule has 3 amide bonds. The van der Waals surface area contributed by atoms with E-state index in [1.54, 1.807) is 36.8 Å². The van der Waals surface area contributed by atoms with Crippen LogP contribution >= 0.6 is 0 Å². The largest absolute Gasteiger partial charge is 0.476 e. The van der Waals surface area contributed by atoms with Crippen LogP contribution in [0.4, 0.5) is 16.2 Å². The average molecular weight is 475 g/mol. The molecule has 2 aliphatic heterocycles. The van der Waals surface area contributed by atoms with Gasteiger partial charge < -0.3 is 35.0 Å². The lowest BCUT2D eigenvalue weighted by Crippen LogP contribution is -2.54. The molecule has 10 nitrogen and oxygen atoms in total. The molecule has 2 atom stereocenters. The summed E-state index contributed by atoms with van der Waals surface area (Å²) in [6.07, 6.45) is 1.80. The van der Waals surface area contributed by atoms with Crippen LogP contribution < -0.4 is 20.3 Å². The maximum absolute atomic E-state index is 13.6. The van der Waals surface area contributed by atoms with Crippen LogP contribution in [0.25, 0.3) is 0 Å². The molecule has 1 saturated heterocycles. The molecule has 34 heavy (non-hydrogen) atoms. The fraction of sp³-hybridized carbons (Fsp3) is 0.625. The fourth-order valence-electron chi connectivity index (χ4n) is 4.82. The van der Waals surface area contributed by atoms with Crippen LogP contribution in [-0.4, -0.2) is 78.9 Å². The maximum Gasteiger partial charge on any atom is 0.407 e. The molecule has 186 valence electrons. The third-order valence-corrected chi connectivity index (χ3v) is 6.62. The van der Waals surface area contributed by atoms with E-state index in [1.165, 1.54) is 4.90 Å². The first-order valence-corrected chi connectivity index (χ1v) is 11.8. The van der Waals surface area contributed by atoms with E-state index in [-0.39, 0.29) is 37.0 Å². The van der Waals surface area contributed by atoms with E-state index in [0.717, 1.165) is 12.8 Å². The Morgan fingerprint density at radius 1 is 1.29 bits per heavy atom. The van der Waals surface area contributed by atoms with Crippen molar-refractivity contribution in [1.29, 1.82) is 0 Å². The summed E-state index contributed by atoms with van der Waals surface area (Å²) in [6.45, 7) is 4.85. The van der Waals surface area contributed by atoms with Crippen molar-refractivity contribution in [3.05, 3.63) is 18.2 Å². The Bertz CT molecular complexity index is 963. The number of nitrogens with zero attached hydrogens (tertiary/aromatic N) is 3. The topological polar surface area (TPSA) is 126 Å². The summed E-state index contributed by atoms with van der Waals surface area (Å²) in [6, 6.07) is 5.16. The first-order chi connectivity index (χ1) is 16.1. The van der Waals surface area contributed by atoms with Crippen molar-refractivity contribution in [2.45, 2.75) is 57.2 Å². The minimum absolute atomic E-state index is 0.0561. The van der Waals surface area contributed by atoms with Crippen molar-refractivity contribution in [2.75, 3.05) is 43.2 Å². The molecule has 4 rings (SSSR count). The van der Waals surface area contributed by atoms with Gasteiger partial charge in [0.05, 0.1) is 11.6 Å². The number of hydrogen-bond acceptors (Lipinski definition) is 6. The summed E-state index contributed by atoms with van der Waals surface area (Å²) in [5.41, 5.74) is 6.40. The number of nitrogens with two attached hydrogens (primary N) is 1. The number of carbonyl (C=O) groups is 3. The Labute approximate surface area is 199 Å². The quantitative estimate of drug-likeness (QED) is 0.579. The van der Waals surface area contributed by atoms with Gasteiger partial charge in [-0.05, 0) is 57.7 Å². The number of benzene rings is 1. The van der Waals surface area contributed by atoms with Gasteiger partial charge in [-0.25, -0.2) is 4.79 Å². The standard InChI is InChI=1S/C24H34N4O6/c1-24(2)22(30)27(9-4-10-33-3)19-12-18(7-8-20(19)34-24)28(17-5-6-17)21(29)15-11-16(25)14-26(13-15)23(31)32/h7-8,12,15-17H,4-6,9-11,13-14,25H2,1-3H3,(H,31,32)/t15-,16+/m1/s1. The number of carbonyl (C=O) groups excluding carboxylic acids is 2. The zero-order chi connectivity index (χ0) is 24.6. The lowest BCUT2D eigenvalue weighted by Gasteiger charge is -2.40. The van der Waals surface area contributed by atoms with Crippen LogP contribution in [0.2, 0.25) is 0 Å². The van der Waals surface area contributed by atoms with Gasteiger partial charge in [-0.3, -0.25) is 9.59 Å². The second kappa shape index (κ2) is 9.42. The van der Waals surface area contributed by atoms with E-state index in [2.05, 4.69) is 0 Å². The van der Waals surface area contributed by atoms with Crippen LogP contribution in [0.1, 0.15) is 39.5 Å². The third-order valence-electron chi connectivity index (χ3n) is 6.62. The van der Waals surface area contributed by atoms with Gasteiger partial charge in [-0.1, -0.05) is 0 Å². The van der Waals surface area contributed by atoms with Gasteiger partial charge >= 0.3 is 6.09 Å². The molecule has 0 spiro atoms. The third kappa shape index (κ3) is 4.83. The zero-order valence-corrected chi connectivity index (χ0v) is 20.0. The highest BCUT2D eigenvalue weighted by atomic mass is 16.5. The Morgan fingerprint density at radius 3 is 2.68 bits per heavy atom. The van der Waals surface area contributed by atoms with E-state index < -0.39 is 17.6 Å². The normalized spacial score (nSPS) is 23.8. The van der Waals surface area contributed by atoms with Gasteiger partial charge in [-0.15, -0.1) is 0 Å². The van der Waals surface area contributed by atoms with Gasteiger partial charge in [0.1, 0.15) is 5.75 Å². The highest BCUT2D eigenvalue weighted by Crippen LogP contribution is 2.43. The van der Waals surface area contributed by atoms with Crippen molar-refractivity contribution < 1.29 is 29.0 Å². The Balaban J connectivity index is 1.64. The molecule has 0 radical (unpaired) electrons. The summed E-state index contributed by atoms with van der Waals surface area (Å²) in [5.74, 6) is -0.192. The molecule has 0 aromatic heterocycles. The van der Waals surface area contributed by atoms with Gasteiger partial charge in [0.15, 0.2) is 5.60 Å². The monoisotopic (exact) mass is 474 g/mol. The van der Waals surface area contributed by atoms with E-state index >= 15 is 0 Å². The summed E-state index contributed by atoms with van der Waals surface area (Å²) < 4.78 is 11.2. The number of rotatable bonds is 7. The molecule has 3 aliphatic rings. The molecule has 10 heteroatoms. The molecule has 1 aliphatic carbocycles. The molecular formula is C24H34N4O6. The van der Waals surface area contributed by atoms with Crippen molar-refractivity contribution in [3.8, 4) is 5.75 Å². The average Bonchev–Trinajstić information content (AvgIpc) is 3.61. The highest BCUT2D eigenvalue weighted by molar-refractivity contribution is 6.04. The van der Waals surface area contributed by atoms with Crippen molar-refractivity contribution >= 4 is 29.3 Å². The first kappa shape index (κ1) is 24.3. The predicted octanol–water partition coefficient (Wildman–Crippen LogP) is 2.05. The smallest absolute Gasteiger partial charge is 0.407 e. The van der Waals surface area contributed by atoms with Crippen LogP contribution in [-0.2, 0) is 14.3 Å². The Kier molecular flexibility index (Phi) is 6.73. The summed E-state index contributed by atoms with van der Waals surface area (Å²) >= 11 is 0. The molecule has 1 saturated carbocycles. The van der Waals surface area contributed by atoms with Gasteiger partial charge in [-0.2, -0.15) is 0 Å². The van der Waals surface area contributed by atoms with Crippen molar-refractivity contribution in [2.24, 2.45) is 11.7 Å².